The minimum absolute atomic E-state index is 0.544. The van der Waals surface area contributed by atoms with Gasteiger partial charge < -0.3 is 10.6 Å². The highest BCUT2D eigenvalue weighted by Gasteiger charge is 2.07. The SMILES string of the molecule is CN(c1ccncc1)c1ncc(CN)s1. The highest BCUT2D eigenvalue weighted by molar-refractivity contribution is 7.15. The topological polar surface area (TPSA) is 55.0 Å². The Balaban J connectivity index is 2.24. The predicted octanol–water partition coefficient (Wildman–Crippen LogP) is 1.76. The molecule has 0 spiro atoms. The number of pyridine rings is 1. The Morgan fingerprint density at radius 3 is 2.73 bits per heavy atom. The maximum atomic E-state index is 5.54. The Hall–Kier alpha value is -1.46. The third-order valence-electron chi connectivity index (χ3n) is 2.08. The van der Waals surface area contributed by atoms with Gasteiger partial charge in [0.05, 0.1) is 0 Å². The molecule has 5 heteroatoms. The van der Waals surface area contributed by atoms with Gasteiger partial charge in [0, 0.05) is 42.7 Å². The molecule has 0 radical (unpaired) electrons. The van der Waals surface area contributed by atoms with E-state index >= 15 is 0 Å². The van der Waals surface area contributed by atoms with Gasteiger partial charge in [-0.15, -0.1) is 11.3 Å². The van der Waals surface area contributed by atoms with Crippen LogP contribution < -0.4 is 10.6 Å². The van der Waals surface area contributed by atoms with Crippen molar-refractivity contribution in [3.8, 4) is 0 Å². The predicted molar refractivity (Wildman–Crippen MR) is 62.3 cm³/mol. The first kappa shape index (κ1) is 10.1. The average molecular weight is 220 g/mol. The van der Waals surface area contributed by atoms with Crippen molar-refractivity contribution in [1.29, 1.82) is 0 Å². The van der Waals surface area contributed by atoms with Crippen LogP contribution in [-0.2, 0) is 6.54 Å². The van der Waals surface area contributed by atoms with Crippen LogP contribution in [0, 0.1) is 0 Å². The van der Waals surface area contributed by atoms with Gasteiger partial charge in [0.15, 0.2) is 5.13 Å². The number of aromatic nitrogens is 2. The van der Waals surface area contributed by atoms with Gasteiger partial charge in [-0.2, -0.15) is 0 Å². The van der Waals surface area contributed by atoms with E-state index in [0.29, 0.717) is 6.54 Å². The van der Waals surface area contributed by atoms with Crippen molar-refractivity contribution in [3.05, 3.63) is 35.6 Å². The normalized spacial score (nSPS) is 10.3. The minimum Gasteiger partial charge on any atom is -0.326 e. The Morgan fingerprint density at radius 2 is 2.13 bits per heavy atom. The van der Waals surface area contributed by atoms with E-state index in [-0.39, 0.29) is 0 Å². The first-order valence-corrected chi connectivity index (χ1v) is 5.41. The number of rotatable bonds is 3. The summed E-state index contributed by atoms with van der Waals surface area (Å²) in [6.07, 6.45) is 5.35. The summed E-state index contributed by atoms with van der Waals surface area (Å²) in [6.45, 7) is 0.544. The van der Waals surface area contributed by atoms with Gasteiger partial charge >= 0.3 is 0 Å². The van der Waals surface area contributed by atoms with Gasteiger partial charge in [-0.25, -0.2) is 4.98 Å². The quantitative estimate of drug-likeness (QED) is 0.856. The summed E-state index contributed by atoms with van der Waals surface area (Å²) in [5, 5.41) is 0.946. The van der Waals surface area contributed by atoms with Gasteiger partial charge in [0.1, 0.15) is 0 Å². The summed E-state index contributed by atoms with van der Waals surface area (Å²) in [4.78, 5) is 11.4. The lowest BCUT2D eigenvalue weighted by molar-refractivity contribution is 1.09. The van der Waals surface area contributed by atoms with Crippen LogP contribution in [-0.4, -0.2) is 17.0 Å². The molecule has 0 bridgehead atoms. The van der Waals surface area contributed by atoms with Crippen molar-refractivity contribution in [2.45, 2.75) is 6.54 Å². The minimum atomic E-state index is 0.544. The molecule has 0 aromatic carbocycles. The molecule has 2 heterocycles. The average Bonchev–Trinajstić information content (AvgIpc) is 2.78. The van der Waals surface area contributed by atoms with Crippen LogP contribution in [0.15, 0.2) is 30.7 Å². The lowest BCUT2D eigenvalue weighted by Gasteiger charge is -2.14. The molecule has 0 atom stereocenters. The summed E-state index contributed by atoms with van der Waals surface area (Å²) in [7, 11) is 1.98. The second-order valence-electron chi connectivity index (χ2n) is 3.08. The molecular formula is C10H12N4S. The zero-order valence-electron chi connectivity index (χ0n) is 8.42. The van der Waals surface area contributed by atoms with Crippen molar-refractivity contribution in [2.24, 2.45) is 5.73 Å². The number of anilines is 2. The molecule has 2 rings (SSSR count). The number of hydrogen-bond acceptors (Lipinski definition) is 5. The molecule has 4 nitrogen and oxygen atoms in total. The Morgan fingerprint density at radius 1 is 1.40 bits per heavy atom. The third-order valence-corrected chi connectivity index (χ3v) is 3.18. The summed E-state index contributed by atoms with van der Waals surface area (Å²) < 4.78 is 0. The van der Waals surface area contributed by atoms with E-state index in [2.05, 4.69) is 9.97 Å². The summed E-state index contributed by atoms with van der Waals surface area (Å²) in [5.74, 6) is 0. The zero-order valence-corrected chi connectivity index (χ0v) is 9.24. The van der Waals surface area contributed by atoms with E-state index in [1.54, 1.807) is 23.7 Å². The second-order valence-corrected chi connectivity index (χ2v) is 4.17. The Labute approximate surface area is 92.4 Å². The molecule has 0 fully saturated rings. The first-order valence-electron chi connectivity index (χ1n) is 4.60. The largest absolute Gasteiger partial charge is 0.326 e. The molecule has 15 heavy (non-hydrogen) atoms. The number of nitrogens with two attached hydrogens (primary N) is 1. The Kier molecular flexibility index (Phi) is 2.94. The molecule has 2 aromatic rings. The van der Waals surface area contributed by atoms with E-state index < -0.39 is 0 Å². The van der Waals surface area contributed by atoms with E-state index in [9.17, 15) is 0 Å². The van der Waals surface area contributed by atoms with Crippen molar-refractivity contribution in [2.75, 3.05) is 11.9 Å². The molecule has 0 amide bonds. The molecule has 0 aliphatic carbocycles. The van der Waals surface area contributed by atoms with Crippen LogP contribution in [0.25, 0.3) is 0 Å². The van der Waals surface area contributed by atoms with Crippen LogP contribution in [0.4, 0.5) is 10.8 Å². The van der Waals surface area contributed by atoms with Crippen molar-refractivity contribution in [3.63, 3.8) is 0 Å². The fraction of sp³-hybridized carbons (Fsp3) is 0.200. The molecule has 0 aliphatic heterocycles. The lowest BCUT2D eigenvalue weighted by atomic mass is 10.4. The summed E-state index contributed by atoms with van der Waals surface area (Å²) in [5.41, 5.74) is 6.62. The fourth-order valence-electron chi connectivity index (χ4n) is 1.22. The second kappa shape index (κ2) is 4.37. The molecule has 0 aliphatic rings. The van der Waals surface area contributed by atoms with Crippen molar-refractivity contribution < 1.29 is 0 Å². The van der Waals surface area contributed by atoms with E-state index in [1.165, 1.54) is 0 Å². The summed E-state index contributed by atoms with van der Waals surface area (Å²) >= 11 is 1.61. The third kappa shape index (κ3) is 2.14. The molecule has 2 aromatic heterocycles. The van der Waals surface area contributed by atoms with E-state index in [0.717, 1.165) is 15.7 Å². The molecule has 0 saturated carbocycles. The molecule has 0 saturated heterocycles. The smallest absolute Gasteiger partial charge is 0.189 e. The maximum Gasteiger partial charge on any atom is 0.189 e. The highest BCUT2D eigenvalue weighted by Crippen LogP contribution is 2.26. The van der Waals surface area contributed by atoms with Crippen molar-refractivity contribution >= 4 is 22.2 Å². The Bertz CT molecular complexity index is 426. The van der Waals surface area contributed by atoms with E-state index in [4.69, 9.17) is 5.73 Å². The molecule has 78 valence electrons. The maximum absolute atomic E-state index is 5.54. The van der Waals surface area contributed by atoms with Gasteiger partial charge in [0.25, 0.3) is 0 Å². The number of thiazole rings is 1. The van der Waals surface area contributed by atoms with Crippen LogP contribution in [0.3, 0.4) is 0 Å². The standard InChI is InChI=1S/C10H12N4S/c1-14(8-2-4-12-5-3-8)10-13-7-9(6-11)15-10/h2-5,7H,6,11H2,1H3. The van der Waals surface area contributed by atoms with Crippen LogP contribution in [0.2, 0.25) is 0 Å². The lowest BCUT2D eigenvalue weighted by Crippen LogP contribution is -2.08. The molecule has 0 unspecified atom stereocenters. The summed E-state index contributed by atoms with van der Waals surface area (Å²) in [6, 6.07) is 3.90. The zero-order chi connectivity index (χ0) is 10.7. The van der Waals surface area contributed by atoms with Gasteiger partial charge in [0.2, 0.25) is 0 Å². The van der Waals surface area contributed by atoms with Gasteiger partial charge in [-0.1, -0.05) is 0 Å². The first-order chi connectivity index (χ1) is 7.31. The van der Waals surface area contributed by atoms with E-state index in [1.807, 2.05) is 30.3 Å². The molecule has 2 N–H and O–H groups in total. The van der Waals surface area contributed by atoms with Crippen LogP contribution in [0.1, 0.15) is 4.88 Å². The molecular weight excluding hydrogens is 208 g/mol. The van der Waals surface area contributed by atoms with Crippen LogP contribution in [0.5, 0.6) is 0 Å². The highest BCUT2D eigenvalue weighted by atomic mass is 32.1. The number of hydrogen-bond donors (Lipinski definition) is 1. The monoisotopic (exact) mass is 220 g/mol. The van der Waals surface area contributed by atoms with Crippen LogP contribution >= 0.6 is 11.3 Å². The fourth-order valence-corrected chi connectivity index (χ4v) is 2.00. The van der Waals surface area contributed by atoms with Crippen molar-refractivity contribution in [1.82, 2.24) is 9.97 Å². The number of nitrogens with zero attached hydrogens (tertiary/aromatic N) is 3. The van der Waals surface area contributed by atoms with Gasteiger partial charge in [-0.3, -0.25) is 4.98 Å². The van der Waals surface area contributed by atoms with Gasteiger partial charge in [-0.05, 0) is 12.1 Å².